The number of nitrogens with one attached hydrogen (secondary N) is 1. The van der Waals surface area contributed by atoms with Crippen molar-refractivity contribution in [3.05, 3.63) is 22.4 Å². The molecule has 1 amide bonds. The molecule has 1 saturated carbocycles. The lowest BCUT2D eigenvalue weighted by molar-refractivity contribution is -0.127. The number of nitrogens with two attached hydrogens (primary N) is 1. The molecule has 1 aliphatic carbocycles. The van der Waals surface area contributed by atoms with Crippen molar-refractivity contribution in [1.82, 2.24) is 5.32 Å². The molecule has 88 valence electrons. The summed E-state index contributed by atoms with van der Waals surface area (Å²) in [5, 5.41) is 7.05. The first-order valence-corrected chi connectivity index (χ1v) is 6.58. The van der Waals surface area contributed by atoms with Crippen LogP contribution < -0.4 is 11.1 Å². The lowest BCUT2D eigenvalue weighted by Gasteiger charge is -2.25. The second-order valence-corrected chi connectivity index (χ2v) is 5.59. The monoisotopic (exact) mass is 238 g/mol. The molecule has 1 aromatic heterocycles. The molecule has 1 heterocycles. The van der Waals surface area contributed by atoms with Crippen molar-refractivity contribution in [2.75, 3.05) is 0 Å². The lowest BCUT2D eigenvalue weighted by Crippen LogP contribution is -2.53. The molecule has 0 aliphatic heterocycles. The van der Waals surface area contributed by atoms with E-state index in [1.54, 1.807) is 11.3 Å². The van der Waals surface area contributed by atoms with Gasteiger partial charge in [0.15, 0.2) is 0 Å². The van der Waals surface area contributed by atoms with Gasteiger partial charge in [0.05, 0.1) is 11.6 Å². The largest absolute Gasteiger partial charge is 0.348 e. The standard InChI is InChI=1S/C12H18N2OS/c1-8(9-5-6-16-7-9)14-11(15)12(2,13)10-3-4-10/h5-8,10H,3-4,13H2,1-2H3,(H,14,15). The minimum atomic E-state index is -0.704. The Bertz CT molecular complexity index is 368. The summed E-state index contributed by atoms with van der Waals surface area (Å²) in [6.45, 7) is 3.82. The Hall–Kier alpha value is -0.870. The Morgan fingerprint density at radius 2 is 2.38 bits per heavy atom. The average molecular weight is 238 g/mol. The Kier molecular flexibility index (Phi) is 3.04. The fourth-order valence-electron chi connectivity index (χ4n) is 1.83. The first-order chi connectivity index (χ1) is 7.51. The van der Waals surface area contributed by atoms with E-state index in [4.69, 9.17) is 5.73 Å². The van der Waals surface area contributed by atoms with Gasteiger partial charge in [-0.15, -0.1) is 0 Å². The quantitative estimate of drug-likeness (QED) is 0.843. The molecule has 0 bridgehead atoms. The fourth-order valence-corrected chi connectivity index (χ4v) is 2.58. The van der Waals surface area contributed by atoms with Gasteiger partial charge < -0.3 is 11.1 Å². The third-order valence-corrected chi connectivity index (χ3v) is 4.01. The molecule has 2 rings (SSSR count). The van der Waals surface area contributed by atoms with Crippen LogP contribution in [0, 0.1) is 5.92 Å². The number of carbonyl (C=O) groups excluding carboxylic acids is 1. The summed E-state index contributed by atoms with van der Waals surface area (Å²) in [4.78, 5) is 12.0. The predicted molar refractivity (Wildman–Crippen MR) is 66.2 cm³/mol. The van der Waals surface area contributed by atoms with Gasteiger partial charge in [-0.2, -0.15) is 11.3 Å². The van der Waals surface area contributed by atoms with Crippen molar-refractivity contribution in [2.45, 2.75) is 38.3 Å². The number of hydrogen-bond donors (Lipinski definition) is 2. The second-order valence-electron chi connectivity index (χ2n) is 4.81. The highest BCUT2D eigenvalue weighted by molar-refractivity contribution is 7.07. The summed E-state index contributed by atoms with van der Waals surface area (Å²) >= 11 is 1.64. The lowest BCUT2D eigenvalue weighted by atomic mass is 9.95. The van der Waals surface area contributed by atoms with Crippen LogP contribution in [-0.4, -0.2) is 11.4 Å². The van der Waals surface area contributed by atoms with Crippen molar-refractivity contribution in [2.24, 2.45) is 11.7 Å². The van der Waals surface area contributed by atoms with Gasteiger partial charge in [0, 0.05) is 0 Å². The van der Waals surface area contributed by atoms with Gasteiger partial charge in [-0.1, -0.05) is 0 Å². The topological polar surface area (TPSA) is 55.1 Å². The molecule has 4 heteroatoms. The number of thiophene rings is 1. The molecule has 2 atom stereocenters. The van der Waals surface area contributed by atoms with E-state index in [2.05, 4.69) is 10.7 Å². The summed E-state index contributed by atoms with van der Waals surface area (Å²) in [6.07, 6.45) is 2.15. The molecule has 0 aromatic carbocycles. The highest BCUT2D eigenvalue weighted by Gasteiger charge is 2.44. The van der Waals surface area contributed by atoms with Crippen LogP contribution in [0.2, 0.25) is 0 Å². The number of amides is 1. The van der Waals surface area contributed by atoms with E-state index in [9.17, 15) is 4.79 Å². The van der Waals surface area contributed by atoms with Gasteiger partial charge in [-0.25, -0.2) is 0 Å². The fraction of sp³-hybridized carbons (Fsp3) is 0.583. The van der Waals surface area contributed by atoms with Crippen molar-refractivity contribution in [1.29, 1.82) is 0 Å². The minimum Gasteiger partial charge on any atom is -0.348 e. The molecule has 0 radical (unpaired) electrons. The van der Waals surface area contributed by atoms with Crippen LogP contribution in [-0.2, 0) is 4.79 Å². The second kappa shape index (κ2) is 4.18. The zero-order valence-electron chi connectivity index (χ0n) is 9.69. The summed E-state index contributed by atoms with van der Waals surface area (Å²) in [5.41, 5.74) is 6.50. The van der Waals surface area contributed by atoms with Crippen LogP contribution >= 0.6 is 11.3 Å². The molecule has 2 unspecified atom stereocenters. The van der Waals surface area contributed by atoms with Crippen LogP contribution in [0.3, 0.4) is 0 Å². The van der Waals surface area contributed by atoms with Crippen molar-refractivity contribution < 1.29 is 4.79 Å². The molecule has 0 spiro atoms. The Balaban J connectivity index is 1.97. The molecule has 3 nitrogen and oxygen atoms in total. The van der Waals surface area contributed by atoms with E-state index >= 15 is 0 Å². The maximum atomic E-state index is 12.0. The third kappa shape index (κ3) is 2.28. The maximum absolute atomic E-state index is 12.0. The van der Waals surface area contributed by atoms with E-state index in [1.165, 1.54) is 0 Å². The molecule has 1 aromatic rings. The smallest absolute Gasteiger partial charge is 0.240 e. The summed E-state index contributed by atoms with van der Waals surface area (Å²) < 4.78 is 0. The van der Waals surface area contributed by atoms with Crippen molar-refractivity contribution >= 4 is 17.2 Å². The number of rotatable bonds is 4. The molecule has 1 aliphatic rings. The summed E-state index contributed by atoms with van der Waals surface area (Å²) in [6, 6.07) is 2.07. The molecule has 1 fully saturated rings. The number of hydrogen-bond acceptors (Lipinski definition) is 3. The van der Waals surface area contributed by atoms with Gasteiger partial charge in [0.25, 0.3) is 0 Å². The van der Waals surface area contributed by atoms with Crippen LogP contribution in [0.25, 0.3) is 0 Å². The average Bonchev–Trinajstić information content (AvgIpc) is 2.95. The minimum absolute atomic E-state index is 0.0336. The SMILES string of the molecule is CC(NC(=O)C(C)(N)C1CC1)c1ccsc1. The van der Waals surface area contributed by atoms with E-state index in [-0.39, 0.29) is 11.9 Å². The van der Waals surface area contributed by atoms with Crippen LogP contribution in [0.5, 0.6) is 0 Å². The third-order valence-electron chi connectivity index (χ3n) is 3.31. The van der Waals surface area contributed by atoms with Crippen LogP contribution in [0.1, 0.15) is 38.3 Å². The predicted octanol–water partition coefficient (Wildman–Crippen LogP) is 2.05. The summed E-state index contributed by atoms with van der Waals surface area (Å²) in [7, 11) is 0. The maximum Gasteiger partial charge on any atom is 0.240 e. The Morgan fingerprint density at radius 3 is 2.88 bits per heavy atom. The zero-order chi connectivity index (χ0) is 11.8. The Labute approximate surface area is 100 Å². The highest BCUT2D eigenvalue weighted by atomic mass is 32.1. The van der Waals surface area contributed by atoms with Crippen LogP contribution in [0.4, 0.5) is 0 Å². The van der Waals surface area contributed by atoms with Crippen molar-refractivity contribution in [3.8, 4) is 0 Å². The van der Waals surface area contributed by atoms with E-state index < -0.39 is 5.54 Å². The Morgan fingerprint density at radius 1 is 1.69 bits per heavy atom. The van der Waals surface area contributed by atoms with Crippen LogP contribution in [0.15, 0.2) is 16.8 Å². The number of carbonyl (C=O) groups is 1. The van der Waals surface area contributed by atoms with Gasteiger partial charge in [-0.3, -0.25) is 4.79 Å². The van der Waals surface area contributed by atoms with E-state index in [0.717, 1.165) is 18.4 Å². The first kappa shape index (κ1) is 11.6. The highest BCUT2D eigenvalue weighted by Crippen LogP contribution is 2.38. The van der Waals surface area contributed by atoms with Gasteiger partial charge in [0.1, 0.15) is 0 Å². The van der Waals surface area contributed by atoms with Gasteiger partial charge >= 0.3 is 0 Å². The first-order valence-electron chi connectivity index (χ1n) is 5.63. The normalized spacial score (nSPS) is 21.2. The molecular weight excluding hydrogens is 220 g/mol. The van der Waals surface area contributed by atoms with E-state index in [0.29, 0.717) is 5.92 Å². The molecule has 0 saturated heterocycles. The molecule has 3 N–H and O–H groups in total. The van der Waals surface area contributed by atoms with Gasteiger partial charge in [-0.05, 0) is 55.0 Å². The zero-order valence-corrected chi connectivity index (χ0v) is 10.5. The van der Waals surface area contributed by atoms with Crippen molar-refractivity contribution in [3.63, 3.8) is 0 Å². The van der Waals surface area contributed by atoms with Gasteiger partial charge in [0.2, 0.25) is 5.91 Å². The van der Waals surface area contributed by atoms with E-state index in [1.807, 2.05) is 25.3 Å². The molecule has 16 heavy (non-hydrogen) atoms. The molecular formula is C12H18N2OS. The summed E-state index contributed by atoms with van der Waals surface area (Å²) in [5.74, 6) is 0.330.